The molecule has 1 aliphatic heterocycles. The van der Waals surface area contributed by atoms with Crippen molar-refractivity contribution in [2.75, 3.05) is 4.90 Å². The van der Waals surface area contributed by atoms with Crippen molar-refractivity contribution in [3.8, 4) is 0 Å². The monoisotopic (exact) mass is 374 g/mol. The van der Waals surface area contributed by atoms with E-state index in [1.165, 1.54) is 0 Å². The first-order valence-corrected chi connectivity index (χ1v) is 9.36. The van der Waals surface area contributed by atoms with E-state index < -0.39 is 0 Å². The van der Waals surface area contributed by atoms with Crippen LogP contribution in [0, 0.1) is 6.92 Å². The highest BCUT2D eigenvalue weighted by Gasteiger charge is 2.25. The predicted octanol–water partition coefficient (Wildman–Crippen LogP) is 3.06. The van der Waals surface area contributed by atoms with Crippen LogP contribution in [0.5, 0.6) is 0 Å². The number of nitrogens with zero attached hydrogens (tertiary/aromatic N) is 3. The molecule has 2 amide bonds. The number of fused-ring (bicyclic) bond motifs is 1. The molecule has 0 saturated heterocycles. The van der Waals surface area contributed by atoms with E-state index in [0.717, 1.165) is 22.6 Å². The normalized spacial score (nSPS) is 13.3. The maximum Gasteiger partial charge on any atom is 0.251 e. The second kappa shape index (κ2) is 7.68. The summed E-state index contributed by atoms with van der Waals surface area (Å²) < 4.78 is 1.88. The number of hydrogen-bond donors (Lipinski definition) is 1. The molecular formula is C22H22N4O2. The summed E-state index contributed by atoms with van der Waals surface area (Å²) in [6.07, 6.45) is 0.452. The number of nitrogens with one attached hydrogen (secondary N) is 1. The van der Waals surface area contributed by atoms with Crippen LogP contribution in [0.15, 0.2) is 60.7 Å². The minimum absolute atomic E-state index is 0.0945. The van der Waals surface area contributed by atoms with Crippen LogP contribution in [0.3, 0.4) is 0 Å². The average molecular weight is 374 g/mol. The first-order valence-electron chi connectivity index (χ1n) is 9.36. The lowest BCUT2D eigenvalue weighted by molar-refractivity contribution is -0.119. The third kappa shape index (κ3) is 3.81. The molecule has 1 aliphatic rings. The van der Waals surface area contributed by atoms with Crippen molar-refractivity contribution in [2.45, 2.75) is 33.0 Å². The zero-order valence-electron chi connectivity index (χ0n) is 15.8. The lowest BCUT2D eigenvalue weighted by Gasteiger charge is -2.27. The van der Waals surface area contributed by atoms with Gasteiger partial charge in [-0.1, -0.05) is 42.5 Å². The average Bonchev–Trinajstić information content (AvgIpc) is 3.10. The number of carbonyl (C=O) groups excluding carboxylic acids is 2. The number of aryl methyl sites for hydroxylation is 2. The molecule has 28 heavy (non-hydrogen) atoms. The lowest BCUT2D eigenvalue weighted by Crippen LogP contribution is -2.36. The number of anilines is 1. The van der Waals surface area contributed by atoms with Crippen molar-refractivity contribution in [1.82, 2.24) is 15.1 Å². The number of carbonyl (C=O) groups is 2. The Kier molecular flexibility index (Phi) is 4.93. The first kappa shape index (κ1) is 18.0. The molecule has 6 heteroatoms. The number of hydrogen-bond acceptors (Lipinski definition) is 3. The van der Waals surface area contributed by atoms with Crippen molar-refractivity contribution in [3.05, 3.63) is 83.0 Å². The molecule has 0 unspecified atom stereocenters. The highest BCUT2D eigenvalue weighted by Crippen LogP contribution is 2.24. The van der Waals surface area contributed by atoms with E-state index in [9.17, 15) is 9.59 Å². The number of amides is 2. The molecule has 0 aliphatic carbocycles. The molecule has 0 bridgehead atoms. The molecule has 0 atom stereocenters. The van der Waals surface area contributed by atoms with Crippen molar-refractivity contribution >= 4 is 17.6 Å². The van der Waals surface area contributed by atoms with Crippen LogP contribution >= 0.6 is 0 Å². The third-order valence-electron chi connectivity index (χ3n) is 4.85. The molecule has 6 nitrogen and oxygen atoms in total. The van der Waals surface area contributed by atoms with Gasteiger partial charge in [0.25, 0.3) is 5.91 Å². The zero-order valence-corrected chi connectivity index (χ0v) is 15.8. The van der Waals surface area contributed by atoms with Gasteiger partial charge in [-0.2, -0.15) is 5.10 Å². The largest absolute Gasteiger partial charge is 0.348 e. The van der Waals surface area contributed by atoms with Gasteiger partial charge in [-0.25, -0.2) is 4.68 Å². The standard InChI is InChI=1S/C22H22N4O2/c1-16-13-20-25(21(27)11-12-26(20)24-16)15-18-7-9-19(10-8-18)22(28)23-14-17-5-3-2-4-6-17/h2-10,13H,11-12,14-15H2,1H3,(H,23,28). The third-order valence-corrected chi connectivity index (χ3v) is 4.85. The van der Waals surface area contributed by atoms with Crippen LogP contribution < -0.4 is 10.2 Å². The van der Waals surface area contributed by atoms with Gasteiger partial charge in [-0.05, 0) is 30.2 Å². The highest BCUT2D eigenvalue weighted by atomic mass is 16.2. The smallest absolute Gasteiger partial charge is 0.251 e. The van der Waals surface area contributed by atoms with Gasteiger partial charge < -0.3 is 5.32 Å². The Morgan fingerprint density at radius 3 is 2.57 bits per heavy atom. The van der Waals surface area contributed by atoms with E-state index in [4.69, 9.17) is 0 Å². The van der Waals surface area contributed by atoms with Crippen LogP contribution in [-0.2, 0) is 24.4 Å². The van der Waals surface area contributed by atoms with Crippen LogP contribution in [0.25, 0.3) is 0 Å². The SMILES string of the molecule is Cc1cc2n(n1)CCC(=O)N2Cc1ccc(C(=O)NCc2ccccc2)cc1. The molecule has 4 rings (SSSR count). The molecule has 0 fully saturated rings. The number of aromatic nitrogens is 2. The van der Waals surface area contributed by atoms with Crippen molar-refractivity contribution in [2.24, 2.45) is 0 Å². The van der Waals surface area contributed by atoms with Crippen molar-refractivity contribution < 1.29 is 9.59 Å². The topological polar surface area (TPSA) is 67.2 Å². The van der Waals surface area contributed by atoms with Crippen LogP contribution in [0.2, 0.25) is 0 Å². The predicted molar refractivity (Wildman–Crippen MR) is 107 cm³/mol. The molecule has 2 heterocycles. The summed E-state index contributed by atoms with van der Waals surface area (Å²) in [6, 6.07) is 19.1. The second-order valence-electron chi connectivity index (χ2n) is 6.96. The van der Waals surface area contributed by atoms with Crippen molar-refractivity contribution in [3.63, 3.8) is 0 Å². The summed E-state index contributed by atoms with van der Waals surface area (Å²) in [5, 5.41) is 7.35. The Morgan fingerprint density at radius 2 is 1.82 bits per heavy atom. The minimum Gasteiger partial charge on any atom is -0.348 e. The Balaban J connectivity index is 1.42. The van der Waals surface area contributed by atoms with E-state index >= 15 is 0 Å². The highest BCUT2D eigenvalue weighted by molar-refractivity contribution is 5.95. The molecule has 142 valence electrons. The van der Waals surface area contributed by atoms with Crippen LogP contribution in [0.4, 0.5) is 5.82 Å². The fourth-order valence-electron chi connectivity index (χ4n) is 3.37. The van der Waals surface area contributed by atoms with Crippen LogP contribution in [0.1, 0.15) is 33.6 Å². The lowest BCUT2D eigenvalue weighted by atomic mass is 10.1. The maximum absolute atomic E-state index is 12.4. The summed E-state index contributed by atoms with van der Waals surface area (Å²) >= 11 is 0. The van der Waals surface area contributed by atoms with E-state index in [1.54, 1.807) is 17.0 Å². The number of benzene rings is 2. The minimum atomic E-state index is -0.113. The fraction of sp³-hybridized carbons (Fsp3) is 0.227. The molecule has 0 radical (unpaired) electrons. The molecule has 0 spiro atoms. The first-order chi connectivity index (χ1) is 13.6. The zero-order chi connectivity index (χ0) is 19.5. The number of rotatable bonds is 5. The molecule has 1 N–H and O–H groups in total. The van der Waals surface area contributed by atoms with Gasteiger partial charge in [0.2, 0.25) is 5.91 Å². The second-order valence-corrected chi connectivity index (χ2v) is 6.96. The van der Waals surface area contributed by atoms with Gasteiger partial charge in [0, 0.05) is 24.6 Å². The molecule has 2 aromatic carbocycles. The maximum atomic E-state index is 12.4. The summed E-state index contributed by atoms with van der Waals surface area (Å²) in [4.78, 5) is 26.5. The molecular weight excluding hydrogens is 352 g/mol. The van der Waals surface area contributed by atoms with E-state index in [2.05, 4.69) is 10.4 Å². The Bertz CT molecular complexity index is 993. The van der Waals surface area contributed by atoms with Gasteiger partial charge in [0.1, 0.15) is 5.82 Å². The van der Waals surface area contributed by atoms with E-state index in [0.29, 0.717) is 31.6 Å². The van der Waals surface area contributed by atoms with Gasteiger partial charge in [-0.3, -0.25) is 14.5 Å². The summed E-state index contributed by atoms with van der Waals surface area (Å²) in [7, 11) is 0. The molecule has 3 aromatic rings. The van der Waals surface area contributed by atoms with Crippen LogP contribution in [-0.4, -0.2) is 21.6 Å². The van der Waals surface area contributed by atoms with Gasteiger partial charge in [0.15, 0.2) is 0 Å². The molecule has 1 aromatic heterocycles. The van der Waals surface area contributed by atoms with Gasteiger partial charge in [-0.15, -0.1) is 0 Å². The summed E-state index contributed by atoms with van der Waals surface area (Å²) in [5.41, 5.74) is 3.54. The van der Waals surface area contributed by atoms with Gasteiger partial charge >= 0.3 is 0 Å². The fourth-order valence-corrected chi connectivity index (χ4v) is 3.37. The van der Waals surface area contributed by atoms with Crippen molar-refractivity contribution in [1.29, 1.82) is 0 Å². The van der Waals surface area contributed by atoms with Gasteiger partial charge in [0.05, 0.1) is 18.8 Å². The molecule has 0 saturated carbocycles. The Labute approximate surface area is 163 Å². The Hall–Kier alpha value is -3.41. The Morgan fingerprint density at radius 1 is 1.07 bits per heavy atom. The summed E-state index contributed by atoms with van der Waals surface area (Å²) in [5.74, 6) is 0.814. The quantitative estimate of drug-likeness (QED) is 0.746. The van der Waals surface area contributed by atoms with E-state index in [-0.39, 0.29) is 11.8 Å². The summed E-state index contributed by atoms with van der Waals surface area (Å²) in [6.45, 7) is 3.51. The van der Waals surface area contributed by atoms with E-state index in [1.807, 2.05) is 60.1 Å².